The summed E-state index contributed by atoms with van der Waals surface area (Å²) in [7, 11) is 1.81. The predicted molar refractivity (Wildman–Crippen MR) is 46.4 cm³/mol. The zero-order valence-electron chi connectivity index (χ0n) is 6.63. The first kappa shape index (κ1) is 9.82. The smallest absolute Gasteiger partial charge is 0.222 e. The van der Waals surface area contributed by atoms with E-state index in [1.165, 1.54) is 0 Å². The molecule has 0 unspecified atom stereocenters. The SMILES string of the molecule is CCCC(=O)N(C)CCS. The Bertz CT molecular complexity index is 106. The van der Waals surface area contributed by atoms with Crippen molar-refractivity contribution in [1.29, 1.82) is 0 Å². The number of carbonyl (C=O) groups excluding carboxylic acids is 1. The first-order chi connectivity index (χ1) is 4.72. The van der Waals surface area contributed by atoms with E-state index in [0.717, 1.165) is 18.7 Å². The maximum absolute atomic E-state index is 11.0. The summed E-state index contributed by atoms with van der Waals surface area (Å²) >= 11 is 4.03. The molecule has 0 aliphatic carbocycles. The zero-order valence-corrected chi connectivity index (χ0v) is 7.53. The third-order valence-electron chi connectivity index (χ3n) is 1.33. The van der Waals surface area contributed by atoms with Crippen molar-refractivity contribution in [2.45, 2.75) is 19.8 Å². The number of amides is 1. The Balaban J connectivity index is 3.49. The molecule has 0 spiro atoms. The fourth-order valence-corrected chi connectivity index (χ4v) is 0.979. The molecule has 60 valence electrons. The van der Waals surface area contributed by atoms with E-state index in [1.54, 1.807) is 4.90 Å². The van der Waals surface area contributed by atoms with E-state index in [2.05, 4.69) is 12.6 Å². The van der Waals surface area contributed by atoms with Crippen LogP contribution in [0.2, 0.25) is 0 Å². The third-order valence-corrected chi connectivity index (χ3v) is 1.53. The first-order valence-corrected chi connectivity index (χ1v) is 4.20. The standard InChI is InChI=1S/C7H15NOS/c1-3-4-7(9)8(2)5-6-10/h10H,3-6H2,1-2H3. The second-order valence-corrected chi connectivity index (χ2v) is 2.74. The molecule has 0 rings (SSSR count). The quantitative estimate of drug-likeness (QED) is 0.614. The molecule has 0 radical (unpaired) electrons. The Kier molecular flexibility index (Phi) is 5.49. The summed E-state index contributed by atoms with van der Waals surface area (Å²) in [5, 5.41) is 0. The zero-order chi connectivity index (χ0) is 7.98. The molecule has 0 heterocycles. The van der Waals surface area contributed by atoms with Gasteiger partial charge >= 0.3 is 0 Å². The van der Waals surface area contributed by atoms with Crippen molar-refractivity contribution in [2.75, 3.05) is 19.3 Å². The molecular weight excluding hydrogens is 146 g/mol. The van der Waals surface area contributed by atoms with Gasteiger partial charge in [0.2, 0.25) is 5.91 Å². The highest BCUT2D eigenvalue weighted by Crippen LogP contribution is 1.94. The summed E-state index contributed by atoms with van der Waals surface area (Å²) < 4.78 is 0. The van der Waals surface area contributed by atoms with Gasteiger partial charge < -0.3 is 4.90 Å². The van der Waals surface area contributed by atoms with Gasteiger partial charge in [-0.15, -0.1) is 0 Å². The highest BCUT2D eigenvalue weighted by molar-refractivity contribution is 7.80. The monoisotopic (exact) mass is 161 g/mol. The van der Waals surface area contributed by atoms with E-state index in [1.807, 2.05) is 14.0 Å². The van der Waals surface area contributed by atoms with Crippen LogP contribution in [-0.2, 0) is 4.79 Å². The van der Waals surface area contributed by atoms with Gasteiger partial charge in [-0.05, 0) is 6.42 Å². The molecular formula is C7H15NOS. The fraction of sp³-hybridized carbons (Fsp3) is 0.857. The fourth-order valence-electron chi connectivity index (χ4n) is 0.679. The second kappa shape index (κ2) is 5.59. The van der Waals surface area contributed by atoms with Crippen LogP contribution in [0.4, 0.5) is 0 Å². The molecule has 0 saturated heterocycles. The summed E-state index contributed by atoms with van der Waals surface area (Å²) in [5.74, 6) is 0.961. The van der Waals surface area contributed by atoms with Crippen molar-refractivity contribution in [3.8, 4) is 0 Å². The van der Waals surface area contributed by atoms with Gasteiger partial charge in [0, 0.05) is 25.8 Å². The van der Waals surface area contributed by atoms with Gasteiger partial charge in [0.15, 0.2) is 0 Å². The van der Waals surface area contributed by atoms with Gasteiger partial charge in [0.05, 0.1) is 0 Å². The van der Waals surface area contributed by atoms with E-state index in [9.17, 15) is 4.79 Å². The molecule has 3 heteroatoms. The summed E-state index contributed by atoms with van der Waals surface area (Å²) in [6, 6.07) is 0. The average molecular weight is 161 g/mol. The summed E-state index contributed by atoms with van der Waals surface area (Å²) in [5.41, 5.74) is 0. The molecule has 1 amide bonds. The molecule has 0 atom stereocenters. The minimum atomic E-state index is 0.219. The number of carbonyl (C=O) groups is 1. The lowest BCUT2D eigenvalue weighted by Gasteiger charge is -2.14. The predicted octanol–water partition coefficient (Wildman–Crippen LogP) is 1.17. The Labute approximate surface area is 68.0 Å². The average Bonchev–Trinajstić information content (AvgIpc) is 1.89. The van der Waals surface area contributed by atoms with Crippen molar-refractivity contribution in [3.63, 3.8) is 0 Å². The maximum Gasteiger partial charge on any atom is 0.222 e. The van der Waals surface area contributed by atoms with Crippen molar-refractivity contribution >= 4 is 18.5 Å². The van der Waals surface area contributed by atoms with Gasteiger partial charge in [-0.3, -0.25) is 4.79 Å². The molecule has 0 aromatic heterocycles. The Morgan fingerprint density at radius 1 is 1.60 bits per heavy atom. The van der Waals surface area contributed by atoms with Gasteiger partial charge in [-0.25, -0.2) is 0 Å². The van der Waals surface area contributed by atoms with Crippen LogP contribution in [0.3, 0.4) is 0 Å². The Morgan fingerprint density at radius 2 is 2.20 bits per heavy atom. The number of hydrogen-bond donors (Lipinski definition) is 1. The molecule has 0 aliphatic heterocycles. The number of thiol groups is 1. The molecule has 0 bridgehead atoms. The molecule has 0 N–H and O–H groups in total. The van der Waals surface area contributed by atoms with Crippen LogP contribution in [0, 0.1) is 0 Å². The number of nitrogens with zero attached hydrogens (tertiary/aromatic N) is 1. The van der Waals surface area contributed by atoms with Crippen LogP contribution in [-0.4, -0.2) is 30.2 Å². The summed E-state index contributed by atoms with van der Waals surface area (Å²) in [4.78, 5) is 12.7. The van der Waals surface area contributed by atoms with Crippen LogP contribution < -0.4 is 0 Å². The van der Waals surface area contributed by atoms with Gasteiger partial charge in [0.25, 0.3) is 0 Å². The summed E-state index contributed by atoms with van der Waals surface area (Å²) in [6.07, 6.45) is 1.58. The number of rotatable bonds is 4. The Morgan fingerprint density at radius 3 is 2.60 bits per heavy atom. The van der Waals surface area contributed by atoms with Crippen LogP contribution in [0.1, 0.15) is 19.8 Å². The molecule has 2 nitrogen and oxygen atoms in total. The lowest BCUT2D eigenvalue weighted by molar-refractivity contribution is -0.129. The first-order valence-electron chi connectivity index (χ1n) is 3.57. The molecule has 0 saturated carbocycles. The van der Waals surface area contributed by atoms with Crippen LogP contribution >= 0.6 is 12.6 Å². The van der Waals surface area contributed by atoms with E-state index >= 15 is 0 Å². The largest absolute Gasteiger partial charge is 0.345 e. The molecule has 0 aromatic rings. The normalized spacial score (nSPS) is 9.50. The van der Waals surface area contributed by atoms with Crippen molar-refractivity contribution in [3.05, 3.63) is 0 Å². The topological polar surface area (TPSA) is 20.3 Å². The highest BCUT2D eigenvalue weighted by Gasteiger charge is 2.04. The van der Waals surface area contributed by atoms with E-state index < -0.39 is 0 Å². The summed E-state index contributed by atoms with van der Waals surface area (Å²) in [6.45, 7) is 2.76. The Hall–Kier alpha value is -0.180. The van der Waals surface area contributed by atoms with E-state index in [4.69, 9.17) is 0 Å². The van der Waals surface area contributed by atoms with Gasteiger partial charge in [0.1, 0.15) is 0 Å². The molecule has 0 aliphatic rings. The van der Waals surface area contributed by atoms with Crippen molar-refractivity contribution < 1.29 is 4.79 Å². The lowest BCUT2D eigenvalue weighted by atomic mass is 10.3. The van der Waals surface area contributed by atoms with E-state index in [0.29, 0.717) is 6.42 Å². The molecule has 0 aromatic carbocycles. The van der Waals surface area contributed by atoms with Crippen LogP contribution in [0.5, 0.6) is 0 Å². The van der Waals surface area contributed by atoms with E-state index in [-0.39, 0.29) is 5.91 Å². The molecule has 0 fully saturated rings. The van der Waals surface area contributed by atoms with Crippen molar-refractivity contribution in [2.24, 2.45) is 0 Å². The highest BCUT2D eigenvalue weighted by atomic mass is 32.1. The minimum absolute atomic E-state index is 0.219. The van der Waals surface area contributed by atoms with Crippen LogP contribution in [0.25, 0.3) is 0 Å². The third kappa shape index (κ3) is 3.77. The maximum atomic E-state index is 11.0. The lowest BCUT2D eigenvalue weighted by Crippen LogP contribution is -2.27. The molecule has 10 heavy (non-hydrogen) atoms. The van der Waals surface area contributed by atoms with Gasteiger partial charge in [-0.2, -0.15) is 12.6 Å². The van der Waals surface area contributed by atoms with Crippen LogP contribution in [0.15, 0.2) is 0 Å². The minimum Gasteiger partial charge on any atom is -0.345 e. The number of hydrogen-bond acceptors (Lipinski definition) is 2. The van der Waals surface area contributed by atoms with Crippen molar-refractivity contribution in [1.82, 2.24) is 4.90 Å². The van der Waals surface area contributed by atoms with Gasteiger partial charge in [-0.1, -0.05) is 6.92 Å². The second-order valence-electron chi connectivity index (χ2n) is 2.29.